The molecule has 2 aromatic rings. The Bertz CT molecular complexity index is 936. The molecule has 0 saturated heterocycles. The number of halogens is 1. The van der Waals surface area contributed by atoms with Crippen molar-refractivity contribution in [2.24, 2.45) is 0 Å². The van der Waals surface area contributed by atoms with Crippen LogP contribution in [0.3, 0.4) is 0 Å². The predicted molar refractivity (Wildman–Crippen MR) is 120 cm³/mol. The highest BCUT2D eigenvalue weighted by Gasteiger charge is 2.30. The minimum atomic E-state index is -0.916. The summed E-state index contributed by atoms with van der Waals surface area (Å²) in [6.45, 7) is 10.5. The number of amides is 1. The Morgan fingerprint density at radius 3 is 2.22 bits per heavy atom. The average molecular weight is 446 g/mol. The number of aryl methyl sites for hydroxylation is 1. The predicted octanol–water partition coefficient (Wildman–Crippen LogP) is 5.12. The number of esters is 1. The van der Waals surface area contributed by atoms with Crippen molar-refractivity contribution in [3.63, 3.8) is 0 Å². The first kappa shape index (κ1) is 25.2. The van der Waals surface area contributed by atoms with Gasteiger partial charge in [0.15, 0.2) is 0 Å². The zero-order chi connectivity index (χ0) is 24.1. The molecule has 0 aromatic heterocycles. The topological polar surface area (TPSA) is 73.9 Å². The van der Waals surface area contributed by atoms with Gasteiger partial charge in [-0.1, -0.05) is 35.9 Å². The van der Waals surface area contributed by atoms with Crippen LogP contribution in [0.4, 0.5) is 9.18 Å². The number of alkyl carbamates (subject to hydrolysis) is 1. The van der Waals surface area contributed by atoms with Crippen LogP contribution in [0.2, 0.25) is 0 Å². The standard InChI is InChI=1S/C25H32FNO5/c1-15-8-10-18(11-9-15)22(20-13-12-19(26)14-21(20)30-7)17(3)31-23(28)16(2)27-24(29)32-25(4,5)6/h8-14,16-17,22H,1-7H3,(H,27,29)/t16-,17-,22?/m0/s1. The number of ether oxygens (including phenoxy) is 3. The molecular formula is C25H32FNO5. The second kappa shape index (κ2) is 10.5. The molecule has 0 bridgehead atoms. The number of benzene rings is 2. The lowest BCUT2D eigenvalue weighted by atomic mass is 9.86. The molecule has 3 atom stereocenters. The van der Waals surface area contributed by atoms with Crippen molar-refractivity contribution in [3.05, 3.63) is 65.0 Å². The van der Waals surface area contributed by atoms with Gasteiger partial charge in [-0.3, -0.25) is 0 Å². The molecule has 174 valence electrons. The lowest BCUT2D eigenvalue weighted by molar-refractivity contribution is -0.150. The van der Waals surface area contributed by atoms with Gasteiger partial charge in [0.05, 0.1) is 7.11 Å². The lowest BCUT2D eigenvalue weighted by Gasteiger charge is -2.28. The number of carbonyl (C=O) groups is 2. The fourth-order valence-electron chi connectivity index (χ4n) is 3.32. The zero-order valence-corrected chi connectivity index (χ0v) is 19.7. The van der Waals surface area contributed by atoms with Crippen molar-refractivity contribution in [1.29, 1.82) is 0 Å². The maximum Gasteiger partial charge on any atom is 0.408 e. The minimum Gasteiger partial charge on any atom is -0.496 e. The third kappa shape index (κ3) is 6.97. The van der Waals surface area contributed by atoms with Crippen LogP contribution in [-0.2, 0) is 14.3 Å². The molecule has 0 fully saturated rings. The van der Waals surface area contributed by atoms with E-state index in [4.69, 9.17) is 14.2 Å². The van der Waals surface area contributed by atoms with E-state index in [-0.39, 0.29) is 0 Å². The van der Waals surface area contributed by atoms with Gasteiger partial charge < -0.3 is 19.5 Å². The normalized spacial score (nSPS) is 14.1. The molecule has 32 heavy (non-hydrogen) atoms. The summed E-state index contributed by atoms with van der Waals surface area (Å²) in [4.78, 5) is 24.7. The molecular weight excluding hydrogens is 413 g/mol. The van der Waals surface area contributed by atoms with E-state index < -0.39 is 41.5 Å². The van der Waals surface area contributed by atoms with Crippen molar-refractivity contribution in [1.82, 2.24) is 5.32 Å². The fourth-order valence-corrected chi connectivity index (χ4v) is 3.32. The molecule has 2 rings (SSSR count). The Morgan fingerprint density at radius 1 is 1.03 bits per heavy atom. The highest BCUT2D eigenvalue weighted by molar-refractivity contribution is 5.81. The molecule has 0 aliphatic heterocycles. The van der Waals surface area contributed by atoms with Crippen molar-refractivity contribution in [2.75, 3.05) is 7.11 Å². The Hall–Kier alpha value is -3.09. The summed E-state index contributed by atoms with van der Waals surface area (Å²) < 4.78 is 30.1. The summed E-state index contributed by atoms with van der Waals surface area (Å²) in [5.41, 5.74) is 1.97. The SMILES string of the molecule is COc1cc(F)ccc1C(c1ccc(C)cc1)[C@H](C)OC(=O)[C@H](C)NC(=O)OC(C)(C)C. The van der Waals surface area contributed by atoms with E-state index in [0.29, 0.717) is 11.3 Å². The molecule has 6 nitrogen and oxygen atoms in total. The highest BCUT2D eigenvalue weighted by Crippen LogP contribution is 2.36. The van der Waals surface area contributed by atoms with Gasteiger partial charge in [0.1, 0.15) is 29.3 Å². The van der Waals surface area contributed by atoms with Gasteiger partial charge >= 0.3 is 12.1 Å². The van der Waals surface area contributed by atoms with Crippen molar-refractivity contribution >= 4 is 12.1 Å². The van der Waals surface area contributed by atoms with Crippen molar-refractivity contribution in [2.45, 2.75) is 65.2 Å². The molecule has 0 heterocycles. The average Bonchev–Trinajstić information content (AvgIpc) is 2.69. The van der Waals surface area contributed by atoms with Gasteiger partial charge in [-0.2, -0.15) is 0 Å². The Kier molecular flexibility index (Phi) is 8.25. The summed E-state index contributed by atoms with van der Waals surface area (Å²) in [5, 5.41) is 2.49. The molecule has 7 heteroatoms. The van der Waals surface area contributed by atoms with Crippen LogP contribution < -0.4 is 10.1 Å². The number of methoxy groups -OCH3 is 1. The van der Waals surface area contributed by atoms with Gasteiger partial charge in [0.25, 0.3) is 0 Å². The zero-order valence-electron chi connectivity index (χ0n) is 19.7. The number of hydrogen-bond donors (Lipinski definition) is 1. The molecule has 0 aliphatic carbocycles. The molecule has 0 saturated carbocycles. The summed E-state index contributed by atoms with van der Waals surface area (Å²) in [6, 6.07) is 11.2. The van der Waals surface area contributed by atoms with Gasteiger partial charge in [-0.05, 0) is 53.2 Å². The molecule has 0 spiro atoms. The molecule has 1 unspecified atom stereocenters. The molecule has 1 N–H and O–H groups in total. The summed E-state index contributed by atoms with van der Waals surface area (Å²) >= 11 is 0. The van der Waals surface area contributed by atoms with Crippen LogP contribution in [0.5, 0.6) is 5.75 Å². The highest BCUT2D eigenvalue weighted by atomic mass is 19.1. The summed E-state index contributed by atoms with van der Waals surface area (Å²) in [7, 11) is 1.47. The molecule has 0 aliphatic rings. The van der Waals surface area contributed by atoms with Crippen LogP contribution >= 0.6 is 0 Å². The van der Waals surface area contributed by atoms with Crippen molar-refractivity contribution < 1.29 is 28.2 Å². The quantitative estimate of drug-likeness (QED) is 0.599. The lowest BCUT2D eigenvalue weighted by Crippen LogP contribution is -2.43. The van der Waals surface area contributed by atoms with Crippen LogP contribution in [0, 0.1) is 12.7 Å². The second-order valence-corrected chi connectivity index (χ2v) is 8.78. The van der Waals surface area contributed by atoms with E-state index in [2.05, 4.69) is 5.32 Å². The van der Waals surface area contributed by atoms with Gasteiger partial charge in [0, 0.05) is 17.5 Å². The summed E-state index contributed by atoms with van der Waals surface area (Å²) in [5.74, 6) is -1.09. The van der Waals surface area contributed by atoms with E-state index in [1.54, 1.807) is 33.8 Å². The largest absolute Gasteiger partial charge is 0.496 e. The molecule has 2 aromatic carbocycles. The third-order valence-electron chi connectivity index (χ3n) is 4.83. The smallest absolute Gasteiger partial charge is 0.408 e. The maximum atomic E-state index is 13.8. The molecule has 1 amide bonds. The van der Waals surface area contributed by atoms with E-state index >= 15 is 0 Å². The van der Waals surface area contributed by atoms with Crippen LogP contribution in [0.25, 0.3) is 0 Å². The van der Waals surface area contributed by atoms with E-state index in [0.717, 1.165) is 11.1 Å². The van der Waals surface area contributed by atoms with Gasteiger partial charge in [-0.15, -0.1) is 0 Å². The number of hydrogen-bond acceptors (Lipinski definition) is 5. The van der Waals surface area contributed by atoms with Crippen molar-refractivity contribution in [3.8, 4) is 5.75 Å². The Morgan fingerprint density at radius 2 is 1.66 bits per heavy atom. The first-order valence-electron chi connectivity index (χ1n) is 10.5. The van der Waals surface area contributed by atoms with Crippen LogP contribution in [0.15, 0.2) is 42.5 Å². The van der Waals surface area contributed by atoms with E-state index in [9.17, 15) is 14.0 Å². The fraction of sp³-hybridized carbons (Fsp3) is 0.440. The Labute approximate surface area is 189 Å². The van der Waals surface area contributed by atoms with E-state index in [1.807, 2.05) is 31.2 Å². The number of nitrogens with one attached hydrogen (secondary N) is 1. The minimum absolute atomic E-state index is 0.360. The number of carbonyl (C=O) groups excluding carboxylic acids is 2. The maximum absolute atomic E-state index is 13.8. The van der Waals surface area contributed by atoms with Crippen LogP contribution in [-0.4, -0.2) is 36.9 Å². The molecule has 0 radical (unpaired) electrons. The van der Waals surface area contributed by atoms with Gasteiger partial charge in [-0.25, -0.2) is 14.0 Å². The van der Waals surface area contributed by atoms with Crippen LogP contribution in [0.1, 0.15) is 57.2 Å². The first-order valence-corrected chi connectivity index (χ1v) is 10.5. The Balaban J connectivity index is 2.27. The second-order valence-electron chi connectivity index (χ2n) is 8.78. The number of rotatable bonds is 7. The third-order valence-corrected chi connectivity index (χ3v) is 4.83. The van der Waals surface area contributed by atoms with Gasteiger partial charge in [0.2, 0.25) is 0 Å². The summed E-state index contributed by atoms with van der Waals surface area (Å²) in [6.07, 6.45) is -1.34. The first-order chi connectivity index (χ1) is 14.9. The monoisotopic (exact) mass is 445 g/mol. The van der Waals surface area contributed by atoms with E-state index in [1.165, 1.54) is 26.2 Å².